The fourth-order valence-electron chi connectivity index (χ4n) is 2.62. The number of aryl methyl sites for hydroxylation is 1. The summed E-state index contributed by atoms with van der Waals surface area (Å²) in [5.74, 6) is 0.494. The second-order valence-corrected chi connectivity index (χ2v) is 5.90. The first-order chi connectivity index (χ1) is 11.6. The standard InChI is InChI=1S/C18H21N5O/c1-13-6-3-4-7-15(13)12-19-18-21-16(11-17(24)22-18)10-14(2)23-9-5-8-20-23/h3-9,11,14H,10,12H2,1-2H3,(H2,19,21,22,24)/t14-/m0/s1. The average Bonchev–Trinajstić information content (AvgIpc) is 3.08. The first kappa shape index (κ1) is 16.0. The van der Waals surface area contributed by atoms with Gasteiger partial charge in [0.1, 0.15) is 0 Å². The van der Waals surface area contributed by atoms with Gasteiger partial charge in [-0.3, -0.25) is 14.5 Å². The molecule has 6 heteroatoms. The maximum atomic E-state index is 11.9. The summed E-state index contributed by atoms with van der Waals surface area (Å²) in [5, 5.41) is 7.43. The predicted molar refractivity (Wildman–Crippen MR) is 94.0 cm³/mol. The Labute approximate surface area is 140 Å². The molecule has 2 heterocycles. The molecule has 2 aromatic heterocycles. The lowest BCUT2D eigenvalue weighted by atomic mass is 10.1. The van der Waals surface area contributed by atoms with Crippen LogP contribution in [0.4, 0.5) is 5.95 Å². The fraction of sp³-hybridized carbons (Fsp3) is 0.278. The molecule has 6 nitrogen and oxygen atoms in total. The van der Waals surface area contributed by atoms with Crippen molar-refractivity contribution in [3.63, 3.8) is 0 Å². The molecule has 0 radical (unpaired) electrons. The van der Waals surface area contributed by atoms with E-state index in [1.54, 1.807) is 12.3 Å². The average molecular weight is 323 g/mol. The Hall–Kier alpha value is -2.89. The van der Waals surface area contributed by atoms with E-state index in [0.29, 0.717) is 18.9 Å². The van der Waals surface area contributed by atoms with Crippen LogP contribution >= 0.6 is 0 Å². The molecule has 24 heavy (non-hydrogen) atoms. The molecule has 0 saturated heterocycles. The van der Waals surface area contributed by atoms with E-state index in [1.165, 1.54) is 11.1 Å². The molecular formula is C18H21N5O. The van der Waals surface area contributed by atoms with E-state index in [0.717, 1.165) is 5.69 Å². The first-order valence-electron chi connectivity index (χ1n) is 7.99. The Balaban J connectivity index is 1.72. The summed E-state index contributed by atoms with van der Waals surface area (Å²) in [7, 11) is 0. The molecule has 0 bridgehead atoms. The molecule has 3 rings (SSSR count). The Bertz CT molecular complexity index is 854. The quantitative estimate of drug-likeness (QED) is 0.731. The highest BCUT2D eigenvalue weighted by Gasteiger charge is 2.09. The number of hydrogen-bond donors (Lipinski definition) is 2. The van der Waals surface area contributed by atoms with E-state index in [-0.39, 0.29) is 11.6 Å². The van der Waals surface area contributed by atoms with Gasteiger partial charge in [-0.25, -0.2) is 4.98 Å². The molecule has 0 aliphatic heterocycles. The second kappa shape index (κ2) is 7.12. The number of hydrogen-bond acceptors (Lipinski definition) is 4. The third-order valence-corrected chi connectivity index (χ3v) is 3.98. The summed E-state index contributed by atoms with van der Waals surface area (Å²) in [4.78, 5) is 19.2. The molecule has 0 fully saturated rings. The van der Waals surface area contributed by atoms with E-state index < -0.39 is 0 Å². The molecule has 0 amide bonds. The van der Waals surface area contributed by atoms with Crippen molar-refractivity contribution in [3.05, 3.63) is 76.0 Å². The van der Waals surface area contributed by atoms with Crippen LogP contribution in [-0.2, 0) is 13.0 Å². The maximum absolute atomic E-state index is 11.9. The lowest BCUT2D eigenvalue weighted by Gasteiger charge is -2.13. The van der Waals surface area contributed by atoms with Crippen LogP contribution in [0.15, 0.2) is 53.6 Å². The van der Waals surface area contributed by atoms with Gasteiger partial charge in [0, 0.05) is 31.4 Å². The Morgan fingerprint density at radius 3 is 2.88 bits per heavy atom. The smallest absolute Gasteiger partial charge is 0.252 e. The van der Waals surface area contributed by atoms with Crippen LogP contribution < -0.4 is 10.9 Å². The van der Waals surface area contributed by atoms with Crippen molar-refractivity contribution in [1.29, 1.82) is 0 Å². The number of rotatable bonds is 6. The lowest BCUT2D eigenvalue weighted by molar-refractivity contribution is 0.484. The molecule has 0 spiro atoms. The zero-order chi connectivity index (χ0) is 16.9. The molecule has 1 aromatic carbocycles. The first-order valence-corrected chi connectivity index (χ1v) is 7.99. The summed E-state index contributed by atoms with van der Waals surface area (Å²) in [6.45, 7) is 4.74. The van der Waals surface area contributed by atoms with Gasteiger partial charge in [0.05, 0.1) is 11.7 Å². The maximum Gasteiger partial charge on any atom is 0.252 e. The Kier molecular flexibility index (Phi) is 4.74. The monoisotopic (exact) mass is 323 g/mol. The third-order valence-electron chi connectivity index (χ3n) is 3.98. The van der Waals surface area contributed by atoms with Crippen LogP contribution in [0.2, 0.25) is 0 Å². The molecule has 0 unspecified atom stereocenters. The second-order valence-electron chi connectivity index (χ2n) is 5.90. The normalized spacial score (nSPS) is 12.1. The molecule has 2 N–H and O–H groups in total. The van der Waals surface area contributed by atoms with Gasteiger partial charge in [0.25, 0.3) is 5.56 Å². The summed E-state index contributed by atoms with van der Waals surface area (Å²) >= 11 is 0. The predicted octanol–water partition coefficient (Wildman–Crippen LogP) is 2.69. The largest absolute Gasteiger partial charge is 0.352 e. The van der Waals surface area contributed by atoms with Crippen molar-refractivity contribution in [2.24, 2.45) is 0 Å². The molecule has 0 saturated carbocycles. The summed E-state index contributed by atoms with van der Waals surface area (Å²) < 4.78 is 1.86. The summed E-state index contributed by atoms with van der Waals surface area (Å²) in [5.41, 5.74) is 2.97. The number of nitrogens with zero attached hydrogens (tertiary/aromatic N) is 3. The minimum absolute atomic E-state index is 0.138. The number of H-pyrrole nitrogens is 1. The van der Waals surface area contributed by atoms with Crippen LogP contribution in [0, 0.1) is 6.92 Å². The van der Waals surface area contributed by atoms with Gasteiger partial charge in [-0.2, -0.15) is 5.10 Å². The van der Waals surface area contributed by atoms with E-state index >= 15 is 0 Å². The molecular weight excluding hydrogens is 302 g/mol. The summed E-state index contributed by atoms with van der Waals surface area (Å²) in [6.07, 6.45) is 4.30. The van der Waals surface area contributed by atoms with E-state index in [4.69, 9.17) is 0 Å². The minimum atomic E-state index is -0.153. The number of benzene rings is 1. The van der Waals surface area contributed by atoms with Gasteiger partial charge in [-0.05, 0) is 31.0 Å². The number of anilines is 1. The van der Waals surface area contributed by atoms with Crippen LogP contribution in [0.5, 0.6) is 0 Å². The highest BCUT2D eigenvalue weighted by molar-refractivity contribution is 5.32. The van der Waals surface area contributed by atoms with Gasteiger partial charge >= 0.3 is 0 Å². The van der Waals surface area contributed by atoms with Crippen molar-refractivity contribution in [2.45, 2.75) is 32.9 Å². The van der Waals surface area contributed by atoms with E-state index in [2.05, 4.69) is 46.4 Å². The molecule has 3 aromatic rings. The van der Waals surface area contributed by atoms with Gasteiger partial charge in [-0.15, -0.1) is 0 Å². The highest BCUT2D eigenvalue weighted by Crippen LogP contribution is 2.12. The van der Waals surface area contributed by atoms with Gasteiger partial charge in [0.15, 0.2) is 0 Å². The zero-order valence-electron chi connectivity index (χ0n) is 13.9. The lowest BCUT2D eigenvalue weighted by Crippen LogP contribution is -2.17. The van der Waals surface area contributed by atoms with Gasteiger partial charge in [-0.1, -0.05) is 24.3 Å². The minimum Gasteiger partial charge on any atom is -0.352 e. The van der Waals surface area contributed by atoms with E-state index in [9.17, 15) is 4.79 Å². The molecule has 1 atom stereocenters. The molecule has 0 aliphatic rings. The zero-order valence-corrected chi connectivity index (χ0v) is 13.9. The van der Waals surface area contributed by atoms with Crippen LogP contribution in [0.1, 0.15) is 29.8 Å². The third kappa shape index (κ3) is 3.90. The Morgan fingerprint density at radius 1 is 1.29 bits per heavy atom. The van der Waals surface area contributed by atoms with Crippen molar-refractivity contribution < 1.29 is 0 Å². The number of aromatic amines is 1. The molecule has 0 aliphatic carbocycles. The highest BCUT2D eigenvalue weighted by atomic mass is 16.1. The van der Waals surface area contributed by atoms with Crippen molar-refractivity contribution in [1.82, 2.24) is 19.7 Å². The van der Waals surface area contributed by atoms with Crippen LogP contribution in [0.25, 0.3) is 0 Å². The SMILES string of the molecule is Cc1ccccc1CNc1nc(C[C@H](C)n2cccn2)cc(=O)[nH]1. The van der Waals surface area contributed by atoms with E-state index in [1.807, 2.05) is 29.1 Å². The number of nitrogens with one attached hydrogen (secondary N) is 2. The number of aromatic nitrogens is 4. The van der Waals surface area contributed by atoms with Crippen molar-refractivity contribution in [2.75, 3.05) is 5.32 Å². The fourth-order valence-corrected chi connectivity index (χ4v) is 2.62. The van der Waals surface area contributed by atoms with Crippen LogP contribution in [0.3, 0.4) is 0 Å². The van der Waals surface area contributed by atoms with Crippen molar-refractivity contribution in [3.8, 4) is 0 Å². The topological polar surface area (TPSA) is 75.6 Å². The molecule has 124 valence electrons. The Morgan fingerprint density at radius 2 is 2.12 bits per heavy atom. The van der Waals surface area contributed by atoms with Crippen LogP contribution in [-0.4, -0.2) is 19.7 Å². The summed E-state index contributed by atoms with van der Waals surface area (Å²) in [6, 6.07) is 11.7. The van der Waals surface area contributed by atoms with Gasteiger partial charge in [0.2, 0.25) is 5.95 Å². The van der Waals surface area contributed by atoms with Crippen molar-refractivity contribution >= 4 is 5.95 Å². The van der Waals surface area contributed by atoms with Gasteiger partial charge < -0.3 is 5.32 Å².